The Morgan fingerprint density at radius 1 is 1.32 bits per heavy atom. The van der Waals surface area contributed by atoms with Crippen LogP contribution >= 0.6 is 0 Å². The minimum atomic E-state index is -0.437. The molecule has 2 N–H and O–H groups in total. The molecular formula is C17H34N2O3. The molecule has 1 aliphatic rings. The van der Waals surface area contributed by atoms with Gasteiger partial charge in [-0.05, 0) is 53.9 Å². The predicted octanol–water partition coefficient (Wildman–Crippen LogP) is 2.46. The predicted molar refractivity (Wildman–Crippen MR) is 89.4 cm³/mol. The van der Waals surface area contributed by atoms with E-state index in [2.05, 4.69) is 30.3 Å². The van der Waals surface area contributed by atoms with Crippen LogP contribution in [0, 0.1) is 0 Å². The van der Waals surface area contributed by atoms with Crippen molar-refractivity contribution in [2.24, 2.45) is 0 Å². The smallest absolute Gasteiger partial charge is 0.0961 e. The molecule has 0 aliphatic carbocycles. The van der Waals surface area contributed by atoms with Gasteiger partial charge in [-0.3, -0.25) is 0 Å². The van der Waals surface area contributed by atoms with Crippen LogP contribution in [0.25, 0.3) is 0 Å². The second-order valence-electron chi connectivity index (χ2n) is 6.32. The summed E-state index contributed by atoms with van der Waals surface area (Å²) in [5.74, 6) is 0. The van der Waals surface area contributed by atoms with Crippen LogP contribution in [-0.4, -0.2) is 54.2 Å². The number of nitrogens with one attached hydrogen (secondary N) is 1. The van der Waals surface area contributed by atoms with Gasteiger partial charge in [0.2, 0.25) is 0 Å². The summed E-state index contributed by atoms with van der Waals surface area (Å²) in [4.78, 5) is 2.12. The molecule has 0 spiro atoms. The molecule has 5 atom stereocenters. The van der Waals surface area contributed by atoms with E-state index in [4.69, 9.17) is 9.47 Å². The first-order chi connectivity index (χ1) is 10.3. The highest BCUT2D eigenvalue weighted by Crippen LogP contribution is 2.18. The van der Waals surface area contributed by atoms with Crippen molar-refractivity contribution in [2.45, 2.75) is 84.5 Å². The molecule has 1 aliphatic heterocycles. The lowest BCUT2D eigenvalue weighted by Crippen LogP contribution is -2.35. The lowest BCUT2D eigenvalue weighted by atomic mass is 10.1. The van der Waals surface area contributed by atoms with E-state index in [0.717, 1.165) is 31.6 Å². The Bertz CT molecular complexity index is 349. The Kier molecular flexibility index (Phi) is 8.21. The first-order valence-electron chi connectivity index (χ1n) is 8.50. The zero-order chi connectivity index (χ0) is 16.7. The molecule has 0 aromatic rings. The van der Waals surface area contributed by atoms with Gasteiger partial charge in [-0.15, -0.1) is 0 Å². The zero-order valence-corrected chi connectivity index (χ0v) is 15.0. The summed E-state index contributed by atoms with van der Waals surface area (Å²) in [5, 5.41) is 13.6. The highest BCUT2D eigenvalue weighted by Gasteiger charge is 2.24. The monoisotopic (exact) mass is 314 g/mol. The maximum atomic E-state index is 10.2. The third kappa shape index (κ3) is 6.15. The van der Waals surface area contributed by atoms with E-state index in [9.17, 15) is 5.11 Å². The first-order valence-corrected chi connectivity index (χ1v) is 8.50. The fourth-order valence-corrected chi connectivity index (χ4v) is 2.64. The summed E-state index contributed by atoms with van der Waals surface area (Å²) in [6.07, 6.45) is 4.63. The van der Waals surface area contributed by atoms with E-state index in [0.29, 0.717) is 6.17 Å². The van der Waals surface area contributed by atoms with Crippen LogP contribution in [-0.2, 0) is 9.47 Å². The molecule has 0 amide bonds. The van der Waals surface area contributed by atoms with Crippen LogP contribution in [0.1, 0.15) is 53.9 Å². The number of aliphatic hydroxyl groups is 1. The summed E-state index contributed by atoms with van der Waals surface area (Å²) in [5.41, 5.74) is 1.07. The highest BCUT2D eigenvalue weighted by molar-refractivity contribution is 5.11. The average Bonchev–Trinajstić information content (AvgIpc) is 2.79. The van der Waals surface area contributed by atoms with Gasteiger partial charge in [-0.1, -0.05) is 0 Å². The summed E-state index contributed by atoms with van der Waals surface area (Å²) >= 11 is 0. The largest absolute Gasteiger partial charge is 0.390 e. The molecule has 5 unspecified atom stereocenters. The normalized spacial score (nSPS) is 23.7. The molecule has 22 heavy (non-hydrogen) atoms. The van der Waals surface area contributed by atoms with Gasteiger partial charge in [0.15, 0.2) is 0 Å². The lowest BCUT2D eigenvalue weighted by molar-refractivity contribution is -0.0547. The minimum Gasteiger partial charge on any atom is -0.390 e. The van der Waals surface area contributed by atoms with Crippen molar-refractivity contribution in [3.05, 3.63) is 11.9 Å². The van der Waals surface area contributed by atoms with Crippen molar-refractivity contribution >= 4 is 0 Å². The van der Waals surface area contributed by atoms with Gasteiger partial charge >= 0.3 is 0 Å². The summed E-state index contributed by atoms with van der Waals surface area (Å²) < 4.78 is 11.5. The maximum absolute atomic E-state index is 10.2. The number of hydrogen-bond acceptors (Lipinski definition) is 5. The topological polar surface area (TPSA) is 54.0 Å². The van der Waals surface area contributed by atoms with Crippen molar-refractivity contribution < 1.29 is 14.6 Å². The van der Waals surface area contributed by atoms with Gasteiger partial charge in [0.1, 0.15) is 0 Å². The molecule has 0 saturated heterocycles. The molecule has 0 aromatic carbocycles. The van der Waals surface area contributed by atoms with Crippen LogP contribution in [0.15, 0.2) is 11.9 Å². The van der Waals surface area contributed by atoms with Crippen molar-refractivity contribution in [2.75, 3.05) is 13.7 Å². The van der Waals surface area contributed by atoms with Gasteiger partial charge in [-0.25, -0.2) is 0 Å². The molecule has 130 valence electrons. The van der Waals surface area contributed by atoms with Crippen molar-refractivity contribution in [3.8, 4) is 0 Å². The summed E-state index contributed by atoms with van der Waals surface area (Å²) in [6.45, 7) is 10.9. The van der Waals surface area contributed by atoms with E-state index >= 15 is 0 Å². The molecule has 5 nitrogen and oxygen atoms in total. The van der Waals surface area contributed by atoms with Gasteiger partial charge in [0.25, 0.3) is 0 Å². The minimum absolute atomic E-state index is 0.0422. The van der Waals surface area contributed by atoms with Crippen LogP contribution in [0.2, 0.25) is 0 Å². The van der Waals surface area contributed by atoms with Gasteiger partial charge < -0.3 is 24.8 Å². The van der Waals surface area contributed by atoms with E-state index in [1.165, 1.54) is 0 Å². The molecule has 5 heteroatoms. The standard InChI is InChI=1S/C17H34N2O3/c1-7-21-12(2)9-8-10-17(20)14(4)22-13(3)16-11-19(6)15(5)18-16/h11-15,17-18,20H,7-10H2,1-6H3. The molecule has 1 rings (SSSR count). The second kappa shape index (κ2) is 9.38. The maximum Gasteiger partial charge on any atom is 0.0961 e. The number of hydrogen-bond donors (Lipinski definition) is 2. The Morgan fingerprint density at radius 2 is 2.00 bits per heavy atom. The number of rotatable bonds is 10. The SMILES string of the molecule is CCOC(C)CCCC(O)C(C)OC(C)C1=CN(C)C(C)N1. The molecular weight excluding hydrogens is 280 g/mol. The molecule has 0 fully saturated rings. The van der Waals surface area contributed by atoms with Crippen LogP contribution in [0.5, 0.6) is 0 Å². The van der Waals surface area contributed by atoms with E-state index in [1.54, 1.807) is 0 Å². The van der Waals surface area contributed by atoms with E-state index in [1.807, 2.05) is 27.8 Å². The molecule has 1 heterocycles. The number of aliphatic hydroxyl groups excluding tert-OH is 1. The van der Waals surface area contributed by atoms with Crippen LogP contribution in [0.3, 0.4) is 0 Å². The second-order valence-corrected chi connectivity index (χ2v) is 6.32. The lowest BCUT2D eigenvalue weighted by Gasteiger charge is -2.25. The molecule has 0 radical (unpaired) electrons. The van der Waals surface area contributed by atoms with Crippen LogP contribution < -0.4 is 5.32 Å². The van der Waals surface area contributed by atoms with Gasteiger partial charge in [-0.2, -0.15) is 0 Å². The Labute approximate surface area is 135 Å². The molecule has 0 aromatic heterocycles. The number of nitrogens with zero attached hydrogens (tertiary/aromatic N) is 1. The third-order valence-corrected chi connectivity index (χ3v) is 4.29. The molecule has 0 saturated carbocycles. The zero-order valence-electron chi connectivity index (χ0n) is 15.0. The Morgan fingerprint density at radius 3 is 2.55 bits per heavy atom. The van der Waals surface area contributed by atoms with Crippen molar-refractivity contribution in [3.63, 3.8) is 0 Å². The quantitative estimate of drug-likeness (QED) is 0.649. The summed E-state index contributed by atoms with van der Waals surface area (Å²) in [7, 11) is 2.04. The molecule has 0 bridgehead atoms. The fraction of sp³-hybridized carbons (Fsp3) is 0.882. The van der Waals surface area contributed by atoms with Crippen LogP contribution in [0.4, 0.5) is 0 Å². The first kappa shape index (κ1) is 19.3. The Hall–Kier alpha value is -0.780. The van der Waals surface area contributed by atoms with Crippen molar-refractivity contribution in [1.29, 1.82) is 0 Å². The van der Waals surface area contributed by atoms with Gasteiger partial charge in [0, 0.05) is 19.9 Å². The van der Waals surface area contributed by atoms with Crippen molar-refractivity contribution in [1.82, 2.24) is 10.2 Å². The number of ether oxygens (including phenoxy) is 2. The average molecular weight is 314 g/mol. The van der Waals surface area contributed by atoms with Gasteiger partial charge in [0.05, 0.1) is 36.3 Å². The fourth-order valence-electron chi connectivity index (χ4n) is 2.64. The third-order valence-electron chi connectivity index (χ3n) is 4.29. The van der Waals surface area contributed by atoms with E-state index in [-0.39, 0.29) is 18.3 Å². The summed E-state index contributed by atoms with van der Waals surface area (Å²) in [6, 6.07) is 0. The Balaban J connectivity index is 2.29. The highest BCUT2D eigenvalue weighted by atomic mass is 16.5. The van der Waals surface area contributed by atoms with E-state index < -0.39 is 6.10 Å².